The van der Waals surface area contributed by atoms with E-state index in [-0.39, 0.29) is 24.2 Å². The number of hydrogen-bond donors (Lipinski definition) is 1. The van der Waals surface area contributed by atoms with Gasteiger partial charge in [0.05, 0.1) is 0 Å². The molecule has 1 aromatic carbocycles. The van der Waals surface area contributed by atoms with Crippen LogP contribution in [0.5, 0.6) is 0 Å². The molecule has 0 fully saturated rings. The Morgan fingerprint density at radius 1 is 1.47 bits per heavy atom. The second-order valence-electron chi connectivity index (χ2n) is 3.62. The van der Waals surface area contributed by atoms with E-state index in [1.165, 1.54) is 6.07 Å². The molecule has 3 heteroatoms. The van der Waals surface area contributed by atoms with Crippen LogP contribution < -0.4 is 5.32 Å². The molecular formula is C12H16FNO. The lowest BCUT2D eigenvalue weighted by Crippen LogP contribution is -2.28. The first-order chi connectivity index (χ1) is 7.15. The molecule has 0 aliphatic carbocycles. The summed E-state index contributed by atoms with van der Waals surface area (Å²) >= 11 is 0. The number of nitrogens with one attached hydrogen (secondary N) is 1. The lowest BCUT2D eigenvalue weighted by atomic mass is 10.1. The Balaban J connectivity index is 2.51. The highest BCUT2D eigenvalue weighted by molar-refractivity contribution is 5.78. The molecule has 82 valence electrons. The van der Waals surface area contributed by atoms with Crippen LogP contribution >= 0.6 is 0 Å². The zero-order chi connectivity index (χ0) is 11.3. The Kier molecular flexibility index (Phi) is 4.28. The highest BCUT2D eigenvalue weighted by atomic mass is 19.1. The first-order valence-corrected chi connectivity index (χ1v) is 5.16. The van der Waals surface area contributed by atoms with E-state index in [9.17, 15) is 9.18 Å². The molecule has 0 aromatic heterocycles. The summed E-state index contributed by atoms with van der Waals surface area (Å²) in [6.07, 6.45) is 0.795. The molecular weight excluding hydrogens is 193 g/mol. The summed E-state index contributed by atoms with van der Waals surface area (Å²) in [6, 6.07) is 6.46. The molecule has 1 aromatic rings. The smallest absolute Gasteiger partial charge is 0.223 e. The Bertz CT molecular complexity index is 338. The molecule has 1 rings (SSSR count). The van der Waals surface area contributed by atoms with Crippen molar-refractivity contribution in [2.45, 2.75) is 26.8 Å². The zero-order valence-electron chi connectivity index (χ0n) is 9.09. The first-order valence-electron chi connectivity index (χ1n) is 5.16. The van der Waals surface area contributed by atoms with E-state index in [0.717, 1.165) is 6.42 Å². The van der Waals surface area contributed by atoms with Gasteiger partial charge in [0.1, 0.15) is 5.82 Å². The number of carbonyl (C=O) groups excluding carboxylic acids is 1. The number of rotatable bonds is 4. The fourth-order valence-electron chi connectivity index (χ4n) is 1.18. The van der Waals surface area contributed by atoms with Gasteiger partial charge in [0.25, 0.3) is 0 Å². The molecule has 1 N–H and O–H groups in total. The molecule has 0 saturated carbocycles. The molecule has 0 heterocycles. The van der Waals surface area contributed by atoms with Crippen molar-refractivity contribution in [3.63, 3.8) is 0 Å². The van der Waals surface area contributed by atoms with Crippen molar-refractivity contribution in [2.75, 3.05) is 0 Å². The molecule has 0 saturated heterocycles. The highest BCUT2D eigenvalue weighted by Gasteiger charge is 2.10. The number of carbonyl (C=O) groups is 1. The number of amides is 1. The minimum atomic E-state index is -0.276. The van der Waals surface area contributed by atoms with E-state index in [4.69, 9.17) is 0 Å². The lowest BCUT2D eigenvalue weighted by molar-refractivity contribution is -0.124. The van der Waals surface area contributed by atoms with Crippen molar-refractivity contribution in [1.29, 1.82) is 0 Å². The molecule has 0 bridgehead atoms. The van der Waals surface area contributed by atoms with Crippen LogP contribution in [0.15, 0.2) is 24.3 Å². The zero-order valence-corrected chi connectivity index (χ0v) is 9.09. The van der Waals surface area contributed by atoms with Crippen LogP contribution in [0.1, 0.15) is 25.8 Å². The normalized spacial score (nSPS) is 12.2. The van der Waals surface area contributed by atoms with Gasteiger partial charge in [-0.05, 0) is 12.5 Å². The standard InChI is InChI=1S/C12H16FNO/c1-3-9(2)12(15)14-8-10-6-4-5-7-11(10)13/h4-7,9H,3,8H2,1-2H3,(H,14,15)/t9-/m1/s1. The van der Waals surface area contributed by atoms with Gasteiger partial charge in [-0.1, -0.05) is 32.0 Å². The van der Waals surface area contributed by atoms with Gasteiger partial charge in [-0.25, -0.2) is 4.39 Å². The van der Waals surface area contributed by atoms with Crippen LogP contribution in [0.2, 0.25) is 0 Å². The summed E-state index contributed by atoms with van der Waals surface area (Å²) in [5.41, 5.74) is 0.522. The second-order valence-corrected chi connectivity index (χ2v) is 3.62. The molecule has 0 spiro atoms. The maximum atomic E-state index is 13.2. The molecule has 0 unspecified atom stereocenters. The fourth-order valence-corrected chi connectivity index (χ4v) is 1.18. The summed E-state index contributed by atoms with van der Waals surface area (Å²) in [5.74, 6) is -0.320. The minimum absolute atomic E-state index is 0.0169. The lowest BCUT2D eigenvalue weighted by Gasteiger charge is -2.10. The van der Waals surface area contributed by atoms with E-state index in [1.807, 2.05) is 13.8 Å². The van der Waals surface area contributed by atoms with Crippen molar-refractivity contribution < 1.29 is 9.18 Å². The van der Waals surface area contributed by atoms with Crippen LogP contribution in [0.25, 0.3) is 0 Å². The maximum Gasteiger partial charge on any atom is 0.223 e. The third-order valence-corrected chi connectivity index (χ3v) is 2.47. The molecule has 1 atom stereocenters. The van der Waals surface area contributed by atoms with E-state index in [2.05, 4.69) is 5.32 Å². The van der Waals surface area contributed by atoms with Crippen LogP contribution in [-0.2, 0) is 11.3 Å². The quantitative estimate of drug-likeness (QED) is 0.811. The molecule has 2 nitrogen and oxygen atoms in total. The topological polar surface area (TPSA) is 29.1 Å². The number of halogens is 1. The third kappa shape index (κ3) is 3.35. The first kappa shape index (κ1) is 11.7. The van der Waals surface area contributed by atoms with Gasteiger partial charge in [0.2, 0.25) is 5.91 Å². The van der Waals surface area contributed by atoms with Gasteiger partial charge < -0.3 is 5.32 Å². The van der Waals surface area contributed by atoms with Gasteiger partial charge in [-0.15, -0.1) is 0 Å². The number of benzene rings is 1. The van der Waals surface area contributed by atoms with Crippen molar-refractivity contribution in [2.24, 2.45) is 5.92 Å². The van der Waals surface area contributed by atoms with Crippen molar-refractivity contribution in [1.82, 2.24) is 5.32 Å². The van der Waals surface area contributed by atoms with Crippen molar-refractivity contribution >= 4 is 5.91 Å². The summed E-state index contributed by atoms with van der Waals surface area (Å²) < 4.78 is 13.2. The van der Waals surface area contributed by atoms with E-state index >= 15 is 0 Å². The predicted molar refractivity (Wildman–Crippen MR) is 57.7 cm³/mol. The molecule has 1 amide bonds. The van der Waals surface area contributed by atoms with Gasteiger partial charge in [0, 0.05) is 18.0 Å². The minimum Gasteiger partial charge on any atom is -0.352 e. The van der Waals surface area contributed by atoms with E-state index in [1.54, 1.807) is 18.2 Å². The largest absolute Gasteiger partial charge is 0.352 e. The average Bonchev–Trinajstić information content (AvgIpc) is 2.26. The van der Waals surface area contributed by atoms with E-state index in [0.29, 0.717) is 5.56 Å². The van der Waals surface area contributed by atoms with Crippen molar-refractivity contribution in [3.8, 4) is 0 Å². The Hall–Kier alpha value is -1.38. The van der Waals surface area contributed by atoms with Gasteiger partial charge in [-0.3, -0.25) is 4.79 Å². The van der Waals surface area contributed by atoms with Gasteiger partial charge in [0.15, 0.2) is 0 Å². The SMILES string of the molecule is CC[C@@H](C)C(=O)NCc1ccccc1F. The molecule has 0 aliphatic heterocycles. The Morgan fingerprint density at radius 2 is 2.13 bits per heavy atom. The van der Waals surface area contributed by atoms with Crippen LogP contribution in [-0.4, -0.2) is 5.91 Å². The maximum absolute atomic E-state index is 13.2. The summed E-state index contributed by atoms with van der Waals surface area (Å²) in [5, 5.41) is 2.71. The van der Waals surface area contributed by atoms with Crippen LogP contribution in [0.4, 0.5) is 4.39 Å². The Morgan fingerprint density at radius 3 is 2.73 bits per heavy atom. The highest BCUT2D eigenvalue weighted by Crippen LogP contribution is 2.06. The van der Waals surface area contributed by atoms with Crippen LogP contribution in [0.3, 0.4) is 0 Å². The van der Waals surface area contributed by atoms with Gasteiger partial charge in [-0.2, -0.15) is 0 Å². The third-order valence-electron chi connectivity index (χ3n) is 2.47. The average molecular weight is 209 g/mol. The summed E-state index contributed by atoms with van der Waals surface area (Å²) in [4.78, 5) is 11.4. The van der Waals surface area contributed by atoms with Gasteiger partial charge >= 0.3 is 0 Å². The van der Waals surface area contributed by atoms with Crippen LogP contribution in [0, 0.1) is 11.7 Å². The molecule has 15 heavy (non-hydrogen) atoms. The second kappa shape index (κ2) is 5.49. The monoisotopic (exact) mass is 209 g/mol. The van der Waals surface area contributed by atoms with Crippen molar-refractivity contribution in [3.05, 3.63) is 35.6 Å². The Labute approximate surface area is 89.5 Å². The van der Waals surface area contributed by atoms with E-state index < -0.39 is 0 Å². The number of hydrogen-bond acceptors (Lipinski definition) is 1. The molecule has 0 radical (unpaired) electrons. The molecule has 0 aliphatic rings. The predicted octanol–water partition coefficient (Wildman–Crippen LogP) is 2.49. The summed E-state index contributed by atoms with van der Waals surface area (Å²) in [7, 11) is 0. The fraction of sp³-hybridized carbons (Fsp3) is 0.417. The summed E-state index contributed by atoms with van der Waals surface area (Å²) in [6.45, 7) is 4.07.